The normalized spacial score (nSPS) is 14.0. The van der Waals surface area contributed by atoms with Gasteiger partial charge in [-0.2, -0.15) is 5.10 Å². The Morgan fingerprint density at radius 1 is 1.07 bits per heavy atom. The Hall–Kier alpha value is -3.61. The third kappa shape index (κ3) is 4.13. The van der Waals surface area contributed by atoms with Crippen LogP contribution in [0.5, 0.6) is 0 Å². The number of benzene rings is 2. The van der Waals surface area contributed by atoms with Gasteiger partial charge >= 0.3 is 5.97 Å². The van der Waals surface area contributed by atoms with Crippen LogP contribution in [0.1, 0.15) is 28.8 Å². The predicted octanol–water partition coefficient (Wildman–Crippen LogP) is 3.09. The van der Waals surface area contributed by atoms with Crippen LogP contribution in [0.4, 0.5) is 5.69 Å². The lowest BCUT2D eigenvalue weighted by Gasteiger charge is -2.17. The number of fused-ring (bicyclic) bond motifs is 1. The van der Waals surface area contributed by atoms with Gasteiger partial charge in [-0.3, -0.25) is 9.59 Å². The Morgan fingerprint density at radius 3 is 2.52 bits per heavy atom. The Balaban J connectivity index is 1.46. The summed E-state index contributed by atoms with van der Waals surface area (Å²) >= 11 is 0. The van der Waals surface area contributed by atoms with Crippen LogP contribution in [0.2, 0.25) is 0 Å². The largest absolute Gasteiger partial charge is 0.480 e. The van der Waals surface area contributed by atoms with Gasteiger partial charge in [-0.15, -0.1) is 0 Å². The van der Waals surface area contributed by atoms with Crippen molar-refractivity contribution in [2.45, 2.75) is 19.4 Å². The molecule has 1 fully saturated rings. The maximum absolute atomic E-state index is 12.4. The van der Waals surface area contributed by atoms with Gasteiger partial charge in [0.15, 0.2) is 0 Å². The summed E-state index contributed by atoms with van der Waals surface area (Å²) in [6.45, 7) is 1.99. The highest BCUT2D eigenvalue weighted by molar-refractivity contribution is 6.01. The Labute approximate surface area is 168 Å². The lowest BCUT2D eigenvalue weighted by molar-refractivity contribution is -0.137. The van der Waals surface area contributed by atoms with Crippen molar-refractivity contribution in [3.63, 3.8) is 0 Å². The van der Waals surface area contributed by atoms with Crippen LogP contribution < -0.4 is 10.3 Å². The predicted molar refractivity (Wildman–Crippen MR) is 113 cm³/mol. The summed E-state index contributed by atoms with van der Waals surface area (Å²) in [6, 6.07) is 15.0. The number of nitrogens with zero attached hydrogens (tertiary/aromatic N) is 3. The molecule has 0 spiro atoms. The molecule has 148 valence electrons. The quantitative estimate of drug-likeness (QED) is 0.500. The van der Waals surface area contributed by atoms with E-state index in [1.165, 1.54) is 19.1 Å². The van der Waals surface area contributed by atoms with Crippen LogP contribution >= 0.6 is 0 Å². The monoisotopic (exact) mass is 390 g/mol. The number of aromatic nitrogens is 1. The Morgan fingerprint density at radius 2 is 1.79 bits per heavy atom. The van der Waals surface area contributed by atoms with Crippen molar-refractivity contribution in [2.24, 2.45) is 5.10 Å². The number of carbonyl (C=O) groups is 2. The molecule has 0 saturated carbocycles. The van der Waals surface area contributed by atoms with Gasteiger partial charge in [-0.05, 0) is 43.2 Å². The first-order valence-electron chi connectivity index (χ1n) is 9.60. The molecule has 0 atom stereocenters. The SMILES string of the molecule is O=C(O)Cn1cc(/C=N\NC(=O)c2ccc(N3CCCC3)cc2)c2ccccc21. The van der Waals surface area contributed by atoms with E-state index in [-0.39, 0.29) is 12.5 Å². The summed E-state index contributed by atoms with van der Waals surface area (Å²) in [6.07, 6.45) is 5.68. The zero-order valence-electron chi connectivity index (χ0n) is 15.9. The van der Waals surface area contributed by atoms with E-state index in [0.717, 1.165) is 35.2 Å². The molecular formula is C22H22N4O3. The van der Waals surface area contributed by atoms with Gasteiger partial charge in [0.05, 0.1) is 6.21 Å². The van der Waals surface area contributed by atoms with Gasteiger partial charge in [-0.25, -0.2) is 5.43 Å². The maximum atomic E-state index is 12.4. The van der Waals surface area contributed by atoms with E-state index in [2.05, 4.69) is 15.4 Å². The summed E-state index contributed by atoms with van der Waals surface area (Å²) < 4.78 is 1.65. The zero-order chi connectivity index (χ0) is 20.2. The molecular weight excluding hydrogens is 368 g/mol. The third-order valence-electron chi connectivity index (χ3n) is 5.10. The van der Waals surface area contributed by atoms with Crippen molar-refractivity contribution in [3.8, 4) is 0 Å². The van der Waals surface area contributed by atoms with Crippen molar-refractivity contribution in [1.29, 1.82) is 0 Å². The number of carbonyl (C=O) groups excluding carboxylic acids is 1. The van der Waals surface area contributed by atoms with Crippen LogP contribution in [0.3, 0.4) is 0 Å². The van der Waals surface area contributed by atoms with Gasteiger partial charge < -0.3 is 14.6 Å². The van der Waals surface area contributed by atoms with Crippen LogP contribution in [0.15, 0.2) is 59.8 Å². The van der Waals surface area contributed by atoms with E-state index in [9.17, 15) is 9.59 Å². The molecule has 1 aromatic heterocycles. The van der Waals surface area contributed by atoms with Crippen LogP contribution in [-0.2, 0) is 11.3 Å². The minimum Gasteiger partial charge on any atom is -0.480 e. The summed E-state index contributed by atoms with van der Waals surface area (Å²) in [5, 5.41) is 14.0. The lowest BCUT2D eigenvalue weighted by Crippen LogP contribution is -2.19. The highest BCUT2D eigenvalue weighted by Crippen LogP contribution is 2.21. The fourth-order valence-corrected chi connectivity index (χ4v) is 3.68. The summed E-state index contributed by atoms with van der Waals surface area (Å²) in [5.74, 6) is -1.21. The molecule has 0 radical (unpaired) electrons. The minimum absolute atomic E-state index is 0.135. The first-order chi connectivity index (χ1) is 14.1. The number of carboxylic acid groups (broad SMARTS) is 1. The van der Waals surface area contributed by atoms with E-state index in [1.807, 2.05) is 36.4 Å². The molecule has 29 heavy (non-hydrogen) atoms. The van der Waals surface area contributed by atoms with Crippen LogP contribution in [0, 0.1) is 0 Å². The molecule has 1 aliphatic rings. The molecule has 0 unspecified atom stereocenters. The van der Waals surface area contributed by atoms with Crippen molar-refractivity contribution in [2.75, 3.05) is 18.0 Å². The molecule has 1 aliphatic heterocycles. The smallest absolute Gasteiger partial charge is 0.323 e. The summed E-state index contributed by atoms with van der Waals surface area (Å²) in [5.41, 5.74) is 5.76. The summed E-state index contributed by atoms with van der Waals surface area (Å²) in [4.78, 5) is 25.7. The van der Waals surface area contributed by atoms with Crippen LogP contribution in [0.25, 0.3) is 10.9 Å². The molecule has 3 aromatic rings. The first-order valence-corrected chi connectivity index (χ1v) is 9.60. The molecule has 2 aromatic carbocycles. The van der Waals surface area contributed by atoms with Crippen molar-refractivity contribution in [3.05, 3.63) is 65.9 Å². The number of hydrazone groups is 1. The molecule has 7 heteroatoms. The second-order valence-electron chi connectivity index (χ2n) is 7.06. The molecule has 1 saturated heterocycles. The molecule has 0 bridgehead atoms. The van der Waals surface area contributed by atoms with Crippen molar-refractivity contribution < 1.29 is 14.7 Å². The lowest BCUT2D eigenvalue weighted by atomic mass is 10.2. The number of amides is 1. The highest BCUT2D eigenvalue weighted by atomic mass is 16.4. The Bertz CT molecular complexity index is 1060. The van der Waals surface area contributed by atoms with Crippen molar-refractivity contribution in [1.82, 2.24) is 9.99 Å². The maximum Gasteiger partial charge on any atom is 0.323 e. The molecule has 2 heterocycles. The van der Waals surface area contributed by atoms with Gasteiger partial charge in [0.2, 0.25) is 0 Å². The molecule has 4 rings (SSSR count). The average Bonchev–Trinajstić information content (AvgIpc) is 3.37. The average molecular weight is 390 g/mol. The van der Waals surface area contributed by atoms with Gasteiger partial charge in [0.1, 0.15) is 6.54 Å². The topological polar surface area (TPSA) is 86.9 Å². The van der Waals surface area contributed by atoms with E-state index in [1.54, 1.807) is 22.9 Å². The van der Waals surface area contributed by atoms with E-state index < -0.39 is 5.97 Å². The fourth-order valence-electron chi connectivity index (χ4n) is 3.68. The fraction of sp³-hybridized carbons (Fsp3) is 0.227. The molecule has 2 N–H and O–H groups in total. The van der Waals surface area contributed by atoms with E-state index in [0.29, 0.717) is 5.56 Å². The highest BCUT2D eigenvalue weighted by Gasteiger charge is 2.13. The van der Waals surface area contributed by atoms with Crippen LogP contribution in [-0.4, -0.2) is 40.9 Å². The molecule has 7 nitrogen and oxygen atoms in total. The standard InChI is InChI=1S/C22H22N4O3/c27-21(28)15-26-14-17(19-5-1-2-6-20(19)26)13-23-24-22(29)16-7-9-18(10-8-16)25-11-3-4-12-25/h1-2,5-10,13-14H,3-4,11-12,15H2,(H,24,29)(H,27,28)/b23-13-. The molecule has 1 amide bonds. The number of carboxylic acids is 1. The molecule has 0 aliphatic carbocycles. The van der Waals surface area contributed by atoms with Gasteiger partial charge in [0.25, 0.3) is 5.91 Å². The van der Waals surface area contributed by atoms with E-state index >= 15 is 0 Å². The second-order valence-corrected chi connectivity index (χ2v) is 7.06. The number of anilines is 1. The Kier molecular flexibility index (Phi) is 5.29. The number of hydrogen-bond donors (Lipinski definition) is 2. The number of aliphatic carboxylic acids is 1. The number of para-hydroxylation sites is 1. The third-order valence-corrected chi connectivity index (χ3v) is 5.10. The second kappa shape index (κ2) is 8.18. The minimum atomic E-state index is -0.917. The number of nitrogens with one attached hydrogen (secondary N) is 1. The van der Waals surface area contributed by atoms with Crippen molar-refractivity contribution >= 4 is 34.7 Å². The zero-order valence-corrected chi connectivity index (χ0v) is 15.9. The van der Waals surface area contributed by atoms with Gasteiger partial charge in [0, 0.05) is 47.0 Å². The van der Waals surface area contributed by atoms with Gasteiger partial charge in [-0.1, -0.05) is 18.2 Å². The first kappa shape index (κ1) is 18.7. The number of rotatable bonds is 6. The number of hydrogen-bond acceptors (Lipinski definition) is 4. The van der Waals surface area contributed by atoms with E-state index in [4.69, 9.17) is 5.11 Å². The summed E-state index contributed by atoms with van der Waals surface area (Å²) in [7, 11) is 0.